The highest BCUT2D eigenvalue weighted by molar-refractivity contribution is 9.11. The van der Waals surface area contributed by atoms with Crippen molar-refractivity contribution in [1.82, 2.24) is 0 Å². The van der Waals surface area contributed by atoms with Gasteiger partial charge in [-0.25, -0.2) is 0 Å². The van der Waals surface area contributed by atoms with Gasteiger partial charge in [-0.2, -0.15) is 0 Å². The van der Waals surface area contributed by atoms with Crippen LogP contribution in [0.1, 0.15) is 33.4 Å². The van der Waals surface area contributed by atoms with Crippen molar-refractivity contribution in [2.75, 3.05) is 0 Å². The molecule has 0 radical (unpaired) electrons. The van der Waals surface area contributed by atoms with Crippen molar-refractivity contribution in [3.63, 3.8) is 0 Å². The molecule has 0 saturated heterocycles. The number of aryl methyl sites for hydroxylation is 2. The van der Waals surface area contributed by atoms with Crippen LogP contribution < -0.4 is 0 Å². The number of rotatable bonds is 4. The van der Waals surface area contributed by atoms with Crippen LogP contribution in [0.5, 0.6) is 23.0 Å². The van der Waals surface area contributed by atoms with Gasteiger partial charge in [-0.3, -0.25) is 9.98 Å². The van der Waals surface area contributed by atoms with Crippen LogP contribution in [0.2, 0.25) is 0 Å². The van der Waals surface area contributed by atoms with Gasteiger partial charge in [-0.1, -0.05) is 92.5 Å². The second kappa shape index (κ2) is 10.8. The zero-order chi connectivity index (χ0) is 31.6. The number of hydrogen-bond donors (Lipinski definition) is 4. The Morgan fingerprint density at radius 2 is 0.978 bits per heavy atom. The van der Waals surface area contributed by atoms with Crippen molar-refractivity contribution < 1.29 is 20.4 Å². The van der Waals surface area contributed by atoms with Gasteiger partial charge in [0.1, 0.15) is 0 Å². The maximum Gasteiger partial charge on any atom is 0.202 e. The summed E-state index contributed by atoms with van der Waals surface area (Å²) in [6.07, 6.45) is 3.11. The van der Waals surface area contributed by atoms with E-state index in [9.17, 15) is 20.4 Å². The predicted octanol–water partition coefficient (Wildman–Crippen LogP) is 9.38. The number of aromatic hydroxyl groups is 4. The lowest BCUT2D eigenvalue weighted by molar-refractivity contribution is 0.404. The maximum atomic E-state index is 11.1. The fourth-order valence-corrected chi connectivity index (χ4v) is 7.82. The van der Waals surface area contributed by atoms with Gasteiger partial charge in [0.05, 0.1) is 0 Å². The van der Waals surface area contributed by atoms with Crippen molar-refractivity contribution >= 4 is 65.8 Å². The highest BCUT2D eigenvalue weighted by atomic mass is 79.9. The second-order valence-corrected chi connectivity index (χ2v) is 13.0. The first-order valence-electron chi connectivity index (χ1n) is 14.2. The summed E-state index contributed by atoms with van der Waals surface area (Å²) in [5, 5.41) is 46.3. The number of hydrogen-bond acceptors (Lipinski definition) is 6. The molecule has 0 heterocycles. The average Bonchev–Trinajstić information content (AvgIpc) is 3.27. The molecule has 0 aromatic heterocycles. The molecule has 0 spiro atoms. The molecule has 0 atom stereocenters. The Kier molecular flexibility index (Phi) is 6.95. The van der Waals surface area contributed by atoms with Crippen molar-refractivity contribution in [3.8, 4) is 34.1 Å². The minimum Gasteiger partial charge on any atom is -0.504 e. The van der Waals surface area contributed by atoms with Gasteiger partial charge >= 0.3 is 0 Å². The normalized spacial score (nSPS) is 13.7. The number of halogens is 2. The molecule has 0 saturated carbocycles. The summed E-state index contributed by atoms with van der Waals surface area (Å²) in [5.74, 6) is -1.09. The Morgan fingerprint density at radius 1 is 0.578 bits per heavy atom. The Labute approximate surface area is 275 Å². The van der Waals surface area contributed by atoms with Crippen molar-refractivity contribution in [2.24, 2.45) is 9.98 Å². The third-order valence-electron chi connectivity index (χ3n) is 8.31. The average molecular weight is 722 g/mol. The first kappa shape index (κ1) is 29.1. The van der Waals surface area contributed by atoms with Gasteiger partial charge < -0.3 is 20.4 Å². The molecule has 1 aliphatic rings. The molecule has 8 heteroatoms. The Bertz CT molecular complexity index is 2120. The first-order valence-corrected chi connectivity index (χ1v) is 15.8. The highest BCUT2D eigenvalue weighted by Gasteiger charge is 2.45. The fraction of sp³-hybridized carbons (Fsp3) is 0.0811. The van der Waals surface area contributed by atoms with E-state index < -0.39 is 5.66 Å². The van der Waals surface area contributed by atoms with E-state index in [4.69, 9.17) is 9.98 Å². The quantitative estimate of drug-likeness (QED) is 0.108. The molecule has 7 rings (SSSR count). The molecule has 0 aliphatic heterocycles. The molecule has 0 fully saturated rings. The van der Waals surface area contributed by atoms with Crippen LogP contribution in [0.25, 0.3) is 32.7 Å². The van der Waals surface area contributed by atoms with Crippen LogP contribution in [0.15, 0.2) is 104 Å². The van der Waals surface area contributed by atoms with Crippen LogP contribution in [0.4, 0.5) is 0 Å². The van der Waals surface area contributed by atoms with E-state index in [1.807, 2.05) is 86.6 Å². The molecule has 1 aliphatic carbocycles. The summed E-state index contributed by atoms with van der Waals surface area (Å²) in [7, 11) is 0. The second-order valence-electron chi connectivity index (χ2n) is 11.3. The van der Waals surface area contributed by atoms with E-state index in [0.29, 0.717) is 21.9 Å². The van der Waals surface area contributed by atoms with E-state index in [1.54, 1.807) is 12.4 Å². The lowest BCUT2D eigenvalue weighted by Crippen LogP contribution is -2.21. The van der Waals surface area contributed by atoms with Crippen LogP contribution in [-0.2, 0) is 5.66 Å². The minimum absolute atomic E-state index is 0.256. The summed E-state index contributed by atoms with van der Waals surface area (Å²) in [5.41, 5.74) is 4.66. The SMILES string of the molecule is Cc1cc(Br)c2c(c1)C(/N=C/c1c(O)c(O)cc3ccccc13)(/N=C/c1c(O)c(O)cc3ccccc13)c1cc(C)cc(Br)c1-2. The van der Waals surface area contributed by atoms with E-state index in [-0.39, 0.29) is 23.0 Å². The van der Waals surface area contributed by atoms with Crippen LogP contribution >= 0.6 is 31.9 Å². The summed E-state index contributed by atoms with van der Waals surface area (Å²) in [6, 6.07) is 26.1. The number of aliphatic imine (C=N–C) groups is 2. The number of fused-ring (bicyclic) bond motifs is 5. The predicted molar refractivity (Wildman–Crippen MR) is 187 cm³/mol. The van der Waals surface area contributed by atoms with Gasteiger partial charge in [0, 0.05) is 54.8 Å². The summed E-state index contributed by atoms with van der Waals surface area (Å²) < 4.78 is 1.73. The molecule has 0 unspecified atom stereocenters. The van der Waals surface area contributed by atoms with E-state index in [0.717, 1.165) is 53.1 Å². The number of benzene rings is 6. The van der Waals surface area contributed by atoms with Crippen LogP contribution in [-0.4, -0.2) is 32.9 Å². The molecule has 0 bridgehead atoms. The van der Waals surface area contributed by atoms with Gasteiger partial charge in [0.2, 0.25) is 5.66 Å². The summed E-state index contributed by atoms with van der Waals surface area (Å²) in [6.45, 7) is 3.99. The zero-order valence-electron chi connectivity index (χ0n) is 24.2. The number of phenolic OH excluding ortho intramolecular Hbond substituents is 4. The van der Waals surface area contributed by atoms with Gasteiger partial charge in [0.25, 0.3) is 0 Å². The van der Waals surface area contributed by atoms with Crippen LogP contribution in [0, 0.1) is 13.8 Å². The van der Waals surface area contributed by atoms with E-state index in [1.165, 1.54) is 12.1 Å². The smallest absolute Gasteiger partial charge is 0.202 e. The van der Waals surface area contributed by atoms with Gasteiger partial charge in [-0.15, -0.1) is 0 Å². The van der Waals surface area contributed by atoms with Crippen molar-refractivity contribution in [2.45, 2.75) is 19.5 Å². The maximum absolute atomic E-state index is 11.1. The van der Waals surface area contributed by atoms with Crippen LogP contribution in [0.3, 0.4) is 0 Å². The van der Waals surface area contributed by atoms with E-state index >= 15 is 0 Å². The zero-order valence-corrected chi connectivity index (χ0v) is 27.3. The Balaban J connectivity index is 1.59. The van der Waals surface area contributed by atoms with Crippen molar-refractivity contribution in [1.29, 1.82) is 0 Å². The molecule has 0 amide bonds. The van der Waals surface area contributed by atoms with Gasteiger partial charge in [-0.05, 0) is 70.8 Å². The topological polar surface area (TPSA) is 106 Å². The molecular weight excluding hydrogens is 696 g/mol. The lowest BCUT2D eigenvalue weighted by atomic mass is 9.95. The molecular formula is C37H26Br2N2O4. The summed E-state index contributed by atoms with van der Waals surface area (Å²) >= 11 is 7.60. The molecule has 6 aromatic rings. The molecule has 6 nitrogen and oxygen atoms in total. The molecule has 6 aromatic carbocycles. The Morgan fingerprint density at radius 3 is 1.40 bits per heavy atom. The highest BCUT2D eigenvalue weighted by Crippen LogP contribution is 2.56. The number of phenols is 4. The van der Waals surface area contributed by atoms with Crippen molar-refractivity contribution in [3.05, 3.63) is 127 Å². The molecule has 222 valence electrons. The van der Waals surface area contributed by atoms with E-state index in [2.05, 4.69) is 31.9 Å². The monoisotopic (exact) mass is 720 g/mol. The molecule has 45 heavy (non-hydrogen) atoms. The lowest BCUT2D eigenvalue weighted by Gasteiger charge is -2.25. The number of nitrogens with zero attached hydrogens (tertiary/aromatic N) is 2. The largest absolute Gasteiger partial charge is 0.504 e. The van der Waals surface area contributed by atoms with Gasteiger partial charge in [0.15, 0.2) is 23.0 Å². The standard InChI is InChI=1S/C37H26Br2N2O4/c1-19-11-27-33(29(38)13-19)34-28(12-20(2)14-30(34)39)37(27,40-17-25-23-9-5-3-7-21(23)15-31(42)35(25)44)41-18-26-24-10-6-4-8-22(24)16-32(43)36(26)45/h3-18,42-45H,1-2H3/b40-17+,41-18+. The Hall–Kier alpha value is -4.66. The fourth-order valence-electron chi connectivity index (χ4n) is 6.28. The third kappa shape index (κ3) is 4.59. The first-order chi connectivity index (χ1) is 21.6. The summed E-state index contributed by atoms with van der Waals surface area (Å²) in [4.78, 5) is 10.4. The third-order valence-corrected chi connectivity index (χ3v) is 9.56. The minimum atomic E-state index is -1.38. The molecule has 4 N–H and O–H groups in total.